The summed E-state index contributed by atoms with van der Waals surface area (Å²) in [5.41, 5.74) is 3.42. The van der Waals surface area contributed by atoms with Crippen molar-refractivity contribution in [3.63, 3.8) is 0 Å². The molecule has 3 aromatic carbocycles. The van der Waals surface area contributed by atoms with Gasteiger partial charge in [0.25, 0.3) is 5.91 Å². The van der Waals surface area contributed by atoms with Crippen LogP contribution in [0, 0.1) is 0 Å². The lowest BCUT2D eigenvalue weighted by Gasteiger charge is -2.07. The number of carbonyl (C=O) groups excluding carboxylic acids is 2. The molecule has 0 aliphatic carbocycles. The Hall–Kier alpha value is -3.06. The van der Waals surface area contributed by atoms with E-state index >= 15 is 0 Å². The first-order valence-corrected chi connectivity index (χ1v) is 10.0. The van der Waals surface area contributed by atoms with Crippen molar-refractivity contribution in [2.24, 2.45) is 5.10 Å². The summed E-state index contributed by atoms with van der Waals surface area (Å²) in [6, 6.07) is 17.9. The van der Waals surface area contributed by atoms with E-state index in [4.69, 9.17) is 44.3 Å². The Bertz CT molecular complexity index is 1100. The van der Waals surface area contributed by atoms with Gasteiger partial charge in [-0.2, -0.15) is 5.10 Å². The zero-order valence-electron chi connectivity index (χ0n) is 15.8. The Morgan fingerprint density at radius 1 is 0.935 bits per heavy atom. The van der Waals surface area contributed by atoms with Gasteiger partial charge in [0.15, 0.2) is 6.61 Å². The third kappa shape index (κ3) is 6.72. The minimum absolute atomic E-state index is 0.234. The second kappa shape index (κ2) is 10.8. The van der Waals surface area contributed by atoms with Gasteiger partial charge >= 0.3 is 5.97 Å². The molecular formula is C22H15Cl3N2O4. The Labute approximate surface area is 193 Å². The number of nitrogens with zero attached hydrogens (tertiary/aromatic N) is 1. The van der Waals surface area contributed by atoms with Crippen LogP contribution in [0.4, 0.5) is 0 Å². The Morgan fingerprint density at radius 2 is 1.65 bits per heavy atom. The lowest BCUT2D eigenvalue weighted by Crippen LogP contribution is -2.24. The summed E-state index contributed by atoms with van der Waals surface area (Å²) in [7, 11) is 0. The summed E-state index contributed by atoms with van der Waals surface area (Å²) in [5, 5.41) is 4.96. The van der Waals surface area contributed by atoms with E-state index in [1.54, 1.807) is 66.7 Å². The van der Waals surface area contributed by atoms with Crippen LogP contribution in [0.15, 0.2) is 71.8 Å². The number of hydrogen-bond acceptors (Lipinski definition) is 5. The average Bonchev–Trinajstić information content (AvgIpc) is 2.76. The van der Waals surface area contributed by atoms with Crippen LogP contribution in [0.25, 0.3) is 0 Å². The molecule has 6 nitrogen and oxygen atoms in total. The van der Waals surface area contributed by atoms with E-state index in [1.807, 2.05) is 0 Å². The van der Waals surface area contributed by atoms with Gasteiger partial charge in [-0.1, -0.05) is 40.9 Å². The summed E-state index contributed by atoms with van der Waals surface area (Å²) in [6.07, 6.45) is 1.44. The van der Waals surface area contributed by atoms with Crippen LogP contribution in [-0.2, 0) is 4.79 Å². The molecule has 3 aromatic rings. The summed E-state index contributed by atoms with van der Waals surface area (Å²) in [4.78, 5) is 23.9. The van der Waals surface area contributed by atoms with Crippen LogP contribution in [0.2, 0.25) is 15.1 Å². The largest absolute Gasteiger partial charge is 0.482 e. The minimum atomic E-state index is -0.495. The van der Waals surface area contributed by atoms with E-state index in [0.717, 1.165) is 0 Å². The summed E-state index contributed by atoms with van der Waals surface area (Å²) in [6.45, 7) is -0.281. The maximum absolute atomic E-state index is 12.1. The predicted octanol–water partition coefficient (Wildman–Crippen LogP) is 5.40. The van der Waals surface area contributed by atoms with Crippen LogP contribution in [-0.4, -0.2) is 24.7 Å². The number of amides is 1. The van der Waals surface area contributed by atoms with Gasteiger partial charge in [-0.3, -0.25) is 4.79 Å². The zero-order chi connectivity index (χ0) is 22.2. The number of ether oxygens (including phenoxy) is 2. The summed E-state index contributed by atoms with van der Waals surface area (Å²) in [5.74, 6) is -0.295. The molecule has 158 valence electrons. The Balaban J connectivity index is 1.47. The molecule has 0 saturated carbocycles. The topological polar surface area (TPSA) is 77.0 Å². The lowest BCUT2D eigenvalue weighted by atomic mass is 10.2. The quantitative estimate of drug-likeness (QED) is 0.214. The van der Waals surface area contributed by atoms with E-state index in [2.05, 4.69) is 10.5 Å². The van der Waals surface area contributed by atoms with Crippen molar-refractivity contribution < 1.29 is 19.1 Å². The maximum Gasteiger partial charge on any atom is 0.343 e. The third-order valence-electron chi connectivity index (χ3n) is 3.85. The molecule has 3 rings (SSSR count). The number of halogens is 3. The smallest absolute Gasteiger partial charge is 0.343 e. The third-order valence-corrected chi connectivity index (χ3v) is 4.90. The highest BCUT2D eigenvalue weighted by atomic mass is 35.5. The van der Waals surface area contributed by atoms with Crippen LogP contribution < -0.4 is 14.9 Å². The molecule has 0 spiro atoms. The highest BCUT2D eigenvalue weighted by molar-refractivity contribution is 6.42. The van der Waals surface area contributed by atoms with Crippen molar-refractivity contribution in [1.82, 2.24) is 5.43 Å². The molecule has 0 unspecified atom stereocenters. The van der Waals surface area contributed by atoms with Gasteiger partial charge in [-0.25, -0.2) is 10.2 Å². The Morgan fingerprint density at radius 3 is 2.35 bits per heavy atom. The SMILES string of the molecule is O=C(COc1cccc(Cl)c1Cl)N/N=C/c1ccc(OC(=O)c2ccc(Cl)cc2)cc1. The molecule has 0 heterocycles. The maximum atomic E-state index is 12.1. The number of hydrazone groups is 1. The fraction of sp³-hybridized carbons (Fsp3) is 0.0455. The highest BCUT2D eigenvalue weighted by Gasteiger charge is 2.09. The van der Waals surface area contributed by atoms with E-state index in [-0.39, 0.29) is 11.6 Å². The normalized spacial score (nSPS) is 10.7. The van der Waals surface area contributed by atoms with Crippen LogP contribution in [0.5, 0.6) is 11.5 Å². The molecule has 0 atom stereocenters. The first-order valence-electron chi connectivity index (χ1n) is 8.89. The fourth-order valence-corrected chi connectivity index (χ4v) is 2.80. The van der Waals surface area contributed by atoms with Gasteiger partial charge in [0.1, 0.15) is 16.5 Å². The van der Waals surface area contributed by atoms with E-state index < -0.39 is 11.9 Å². The molecule has 0 bridgehead atoms. The molecule has 0 saturated heterocycles. The molecule has 1 N–H and O–H groups in total. The lowest BCUT2D eigenvalue weighted by molar-refractivity contribution is -0.123. The van der Waals surface area contributed by atoms with Gasteiger partial charge in [0, 0.05) is 5.02 Å². The first kappa shape index (κ1) is 22.6. The molecule has 0 aliphatic rings. The van der Waals surface area contributed by atoms with Crippen molar-refractivity contribution in [2.45, 2.75) is 0 Å². The molecule has 1 amide bonds. The van der Waals surface area contributed by atoms with Gasteiger partial charge < -0.3 is 9.47 Å². The molecule has 31 heavy (non-hydrogen) atoms. The second-order valence-electron chi connectivity index (χ2n) is 6.10. The standard InChI is InChI=1S/C22H15Cl3N2O4/c23-16-8-6-15(7-9-16)22(29)31-17-10-4-14(5-11-17)12-26-27-20(28)13-30-19-3-1-2-18(24)21(19)25/h1-12H,13H2,(H,27,28)/b26-12+. The fourth-order valence-electron chi connectivity index (χ4n) is 2.32. The highest BCUT2D eigenvalue weighted by Crippen LogP contribution is 2.31. The van der Waals surface area contributed by atoms with E-state index in [1.165, 1.54) is 6.21 Å². The number of benzene rings is 3. The van der Waals surface area contributed by atoms with Crippen LogP contribution in [0.3, 0.4) is 0 Å². The zero-order valence-corrected chi connectivity index (χ0v) is 18.1. The number of carbonyl (C=O) groups is 2. The van der Waals surface area contributed by atoms with Gasteiger partial charge in [0.05, 0.1) is 16.8 Å². The van der Waals surface area contributed by atoms with Crippen molar-refractivity contribution in [1.29, 1.82) is 0 Å². The molecule has 0 aromatic heterocycles. The molecule has 0 fully saturated rings. The number of rotatable bonds is 7. The monoisotopic (exact) mass is 476 g/mol. The summed E-state index contributed by atoms with van der Waals surface area (Å²) < 4.78 is 10.6. The first-order chi connectivity index (χ1) is 14.9. The van der Waals surface area contributed by atoms with E-state index in [0.29, 0.717) is 32.7 Å². The van der Waals surface area contributed by atoms with Crippen molar-refractivity contribution in [3.05, 3.63) is 92.9 Å². The average molecular weight is 478 g/mol. The van der Waals surface area contributed by atoms with Crippen molar-refractivity contribution in [2.75, 3.05) is 6.61 Å². The Kier molecular flexibility index (Phi) is 7.89. The summed E-state index contributed by atoms with van der Waals surface area (Å²) >= 11 is 17.7. The number of nitrogens with one attached hydrogen (secondary N) is 1. The number of esters is 1. The van der Waals surface area contributed by atoms with Crippen LogP contribution in [0.1, 0.15) is 15.9 Å². The van der Waals surface area contributed by atoms with Crippen molar-refractivity contribution in [3.8, 4) is 11.5 Å². The van der Waals surface area contributed by atoms with Crippen molar-refractivity contribution >= 4 is 52.9 Å². The molecule has 0 radical (unpaired) electrons. The molecule has 0 aliphatic heterocycles. The minimum Gasteiger partial charge on any atom is -0.482 e. The number of hydrogen-bond donors (Lipinski definition) is 1. The van der Waals surface area contributed by atoms with Gasteiger partial charge in [-0.15, -0.1) is 0 Å². The van der Waals surface area contributed by atoms with E-state index in [9.17, 15) is 9.59 Å². The molecular weight excluding hydrogens is 463 g/mol. The van der Waals surface area contributed by atoms with Gasteiger partial charge in [-0.05, 0) is 66.2 Å². The predicted molar refractivity (Wildman–Crippen MR) is 121 cm³/mol. The molecule has 9 heteroatoms. The second-order valence-corrected chi connectivity index (χ2v) is 7.32. The van der Waals surface area contributed by atoms with Crippen LogP contribution >= 0.6 is 34.8 Å². The van der Waals surface area contributed by atoms with Gasteiger partial charge in [0.2, 0.25) is 0 Å².